The lowest BCUT2D eigenvalue weighted by atomic mass is 10.1. The first-order valence-electron chi connectivity index (χ1n) is 10.4. The summed E-state index contributed by atoms with van der Waals surface area (Å²) in [5.74, 6) is -2.22. The molecule has 3 rings (SSSR count). The Morgan fingerprint density at radius 2 is 2.09 bits per heavy atom. The highest BCUT2D eigenvalue weighted by Gasteiger charge is 2.23. The van der Waals surface area contributed by atoms with Crippen LogP contribution in [0.4, 0.5) is 20.2 Å². The summed E-state index contributed by atoms with van der Waals surface area (Å²) in [5.41, 5.74) is 2.16. The van der Waals surface area contributed by atoms with Gasteiger partial charge in [-0.25, -0.2) is 19.2 Å². The number of nitrogens with zero attached hydrogens (tertiary/aromatic N) is 2. The minimum Gasteiger partial charge on any atom is -0.394 e. The lowest BCUT2D eigenvalue weighted by molar-refractivity contribution is 0.0169. The van der Waals surface area contributed by atoms with Crippen molar-refractivity contribution in [3.63, 3.8) is 0 Å². The molecule has 0 bridgehead atoms. The largest absolute Gasteiger partial charge is 0.394 e. The predicted molar refractivity (Wildman–Crippen MR) is 123 cm³/mol. The number of hydrogen-bond donors (Lipinski definition) is 3. The molecule has 8 nitrogen and oxygen atoms in total. The average Bonchev–Trinajstić information content (AvgIpc) is 3.19. The van der Waals surface area contributed by atoms with Crippen LogP contribution in [-0.4, -0.2) is 46.5 Å². The molecule has 1 aromatic heterocycles. The Morgan fingerprint density at radius 3 is 2.76 bits per heavy atom. The SMILES string of the molecule is CCOC(CC)Cn1cnc2c(F)c(Nc3ccc(Br)cc3F)c(C(=O)NOCCO)cc21. The summed E-state index contributed by atoms with van der Waals surface area (Å²) in [7, 11) is 0. The molecular weight excluding hydrogens is 502 g/mol. The molecule has 11 heteroatoms. The van der Waals surface area contributed by atoms with Crippen molar-refractivity contribution in [1.29, 1.82) is 0 Å². The van der Waals surface area contributed by atoms with Gasteiger partial charge in [-0.3, -0.25) is 9.63 Å². The molecule has 2 aromatic carbocycles. The lowest BCUT2D eigenvalue weighted by Gasteiger charge is -2.17. The summed E-state index contributed by atoms with van der Waals surface area (Å²) >= 11 is 3.17. The van der Waals surface area contributed by atoms with Gasteiger partial charge in [-0.05, 0) is 37.6 Å². The number of hydroxylamine groups is 1. The maximum absolute atomic E-state index is 15.6. The van der Waals surface area contributed by atoms with E-state index < -0.39 is 17.5 Å². The van der Waals surface area contributed by atoms with Crippen LogP contribution < -0.4 is 10.8 Å². The van der Waals surface area contributed by atoms with Crippen LogP contribution in [0.1, 0.15) is 30.6 Å². The number of ether oxygens (including phenoxy) is 1. The number of carbonyl (C=O) groups is 1. The summed E-state index contributed by atoms with van der Waals surface area (Å²) < 4.78 is 37.9. The zero-order valence-corrected chi connectivity index (χ0v) is 19.8. The molecule has 0 saturated heterocycles. The summed E-state index contributed by atoms with van der Waals surface area (Å²) in [4.78, 5) is 21.9. The van der Waals surface area contributed by atoms with Crippen LogP contribution in [0.25, 0.3) is 11.0 Å². The number of hydrogen-bond acceptors (Lipinski definition) is 6. The molecule has 0 aliphatic heterocycles. The monoisotopic (exact) mass is 526 g/mol. The van der Waals surface area contributed by atoms with Gasteiger partial charge in [-0.15, -0.1) is 0 Å². The molecule has 0 spiro atoms. The number of anilines is 2. The third-order valence-corrected chi connectivity index (χ3v) is 5.40. The minimum absolute atomic E-state index is 0.0224. The molecule has 1 unspecified atom stereocenters. The van der Waals surface area contributed by atoms with Crippen LogP contribution >= 0.6 is 15.9 Å². The Bertz CT molecular complexity index is 1130. The molecule has 33 heavy (non-hydrogen) atoms. The number of halogens is 3. The zero-order valence-electron chi connectivity index (χ0n) is 18.2. The first kappa shape index (κ1) is 25.0. The van der Waals surface area contributed by atoms with E-state index in [2.05, 4.69) is 31.7 Å². The molecule has 3 aromatic rings. The van der Waals surface area contributed by atoms with Gasteiger partial charge in [-0.1, -0.05) is 22.9 Å². The summed E-state index contributed by atoms with van der Waals surface area (Å²) in [6.45, 7) is 4.35. The number of benzene rings is 2. The van der Waals surface area contributed by atoms with Crippen molar-refractivity contribution in [3.05, 3.63) is 52.3 Å². The van der Waals surface area contributed by atoms with E-state index in [1.165, 1.54) is 24.5 Å². The summed E-state index contributed by atoms with van der Waals surface area (Å²) in [5, 5.41) is 11.6. The van der Waals surface area contributed by atoms with Crippen molar-refractivity contribution in [2.75, 3.05) is 25.1 Å². The van der Waals surface area contributed by atoms with E-state index in [1.54, 1.807) is 10.6 Å². The average molecular weight is 527 g/mol. The lowest BCUT2D eigenvalue weighted by Crippen LogP contribution is -2.26. The van der Waals surface area contributed by atoms with E-state index in [4.69, 9.17) is 14.7 Å². The zero-order chi connectivity index (χ0) is 24.0. The van der Waals surface area contributed by atoms with Crippen LogP contribution in [0.3, 0.4) is 0 Å². The van der Waals surface area contributed by atoms with Gasteiger partial charge in [-0.2, -0.15) is 0 Å². The molecule has 3 N–H and O–H groups in total. The number of nitrogens with one attached hydrogen (secondary N) is 2. The standard InChI is InChI=1S/C22H25BrF2N4O4/c1-3-14(32-4-2)11-29-12-26-21-18(29)10-15(22(31)28-33-8-7-30)20(19(21)25)27-17-6-5-13(23)9-16(17)24/h5-6,9-10,12,14,27,30H,3-4,7-8,11H2,1-2H3,(H,28,31). The highest BCUT2D eigenvalue weighted by Crippen LogP contribution is 2.32. The molecular formula is C22H25BrF2N4O4. The quantitative estimate of drug-likeness (QED) is 0.254. The first-order valence-corrected chi connectivity index (χ1v) is 11.2. The molecule has 0 fully saturated rings. The Kier molecular flexibility index (Phi) is 8.73. The van der Waals surface area contributed by atoms with Gasteiger partial charge in [0, 0.05) is 11.1 Å². The van der Waals surface area contributed by atoms with Gasteiger partial charge in [0.05, 0.1) is 54.6 Å². The number of aliphatic hydroxyl groups is 1. The summed E-state index contributed by atoms with van der Waals surface area (Å²) in [6.07, 6.45) is 2.10. The van der Waals surface area contributed by atoms with Gasteiger partial charge in [0.15, 0.2) is 5.82 Å². The van der Waals surface area contributed by atoms with E-state index in [1.807, 2.05) is 13.8 Å². The van der Waals surface area contributed by atoms with E-state index in [0.29, 0.717) is 23.1 Å². The number of aliphatic hydroxyl groups excluding tert-OH is 1. The highest BCUT2D eigenvalue weighted by molar-refractivity contribution is 9.10. The fourth-order valence-electron chi connectivity index (χ4n) is 3.30. The molecule has 0 saturated carbocycles. The first-order chi connectivity index (χ1) is 15.9. The number of imidazole rings is 1. The van der Waals surface area contributed by atoms with Crippen molar-refractivity contribution >= 4 is 44.2 Å². The second kappa shape index (κ2) is 11.5. The van der Waals surface area contributed by atoms with Gasteiger partial charge < -0.3 is 19.7 Å². The summed E-state index contributed by atoms with van der Waals surface area (Å²) in [6, 6.07) is 5.68. The smallest absolute Gasteiger partial charge is 0.277 e. The van der Waals surface area contributed by atoms with Gasteiger partial charge >= 0.3 is 0 Å². The van der Waals surface area contributed by atoms with E-state index in [0.717, 1.165) is 6.42 Å². The third kappa shape index (κ3) is 5.85. The van der Waals surface area contributed by atoms with Crippen LogP contribution in [0.15, 0.2) is 35.1 Å². The Balaban J connectivity index is 2.08. The van der Waals surface area contributed by atoms with E-state index in [-0.39, 0.29) is 41.8 Å². The van der Waals surface area contributed by atoms with Gasteiger partial charge in [0.2, 0.25) is 0 Å². The fourth-order valence-corrected chi connectivity index (χ4v) is 3.64. The molecule has 0 radical (unpaired) electrons. The molecule has 1 heterocycles. The number of carbonyl (C=O) groups excluding carboxylic acids is 1. The molecule has 1 atom stereocenters. The van der Waals surface area contributed by atoms with E-state index in [9.17, 15) is 9.18 Å². The minimum atomic E-state index is -0.815. The number of amides is 1. The van der Waals surface area contributed by atoms with Gasteiger partial charge in [0.25, 0.3) is 5.91 Å². The molecule has 1 amide bonds. The van der Waals surface area contributed by atoms with Crippen LogP contribution in [0.5, 0.6) is 0 Å². The topological polar surface area (TPSA) is 97.6 Å². The van der Waals surface area contributed by atoms with Gasteiger partial charge in [0.1, 0.15) is 11.3 Å². The molecule has 0 aliphatic rings. The highest BCUT2D eigenvalue weighted by atomic mass is 79.9. The normalized spacial score (nSPS) is 12.2. The third-order valence-electron chi connectivity index (χ3n) is 4.91. The maximum Gasteiger partial charge on any atom is 0.277 e. The molecule has 178 valence electrons. The molecule has 0 aliphatic carbocycles. The van der Waals surface area contributed by atoms with Crippen molar-refractivity contribution < 1.29 is 28.3 Å². The van der Waals surface area contributed by atoms with E-state index >= 15 is 4.39 Å². The van der Waals surface area contributed by atoms with Crippen LogP contribution in [0, 0.1) is 11.6 Å². The Labute approximate surface area is 198 Å². The fraction of sp³-hybridized carbons (Fsp3) is 0.364. The number of rotatable bonds is 11. The number of aromatic nitrogens is 2. The van der Waals surface area contributed by atoms with Crippen molar-refractivity contribution in [2.45, 2.75) is 32.9 Å². The van der Waals surface area contributed by atoms with Crippen LogP contribution in [0.2, 0.25) is 0 Å². The van der Waals surface area contributed by atoms with Crippen LogP contribution in [-0.2, 0) is 16.1 Å². The second-order valence-electron chi connectivity index (χ2n) is 7.12. The van der Waals surface area contributed by atoms with Crippen molar-refractivity contribution in [1.82, 2.24) is 15.0 Å². The second-order valence-corrected chi connectivity index (χ2v) is 8.03. The number of fused-ring (bicyclic) bond motifs is 1. The Morgan fingerprint density at radius 1 is 1.30 bits per heavy atom. The van der Waals surface area contributed by atoms with Crippen molar-refractivity contribution in [3.8, 4) is 0 Å². The Hall–Kier alpha value is -2.60. The maximum atomic E-state index is 15.6. The predicted octanol–water partition coefficient (Wildman–Crippen LogP) is 4.29. The van der Waals surface area contributed by atoms with Crippen molar-refractivity contribution in [2.24, 2.45) is 0 Å².